The molecule has 0 aliphatic rings. The summed E-state index contributed by atoms with van der Waals surface area (Å²) in [4.78, 5) is 0.112. The van der Waals surface area contributed by atoms with Crippen LogP contribution in [0.1, 0.15) is 17.5 Å². The van der Waals surface area contributed by atoms with Gasteiger partial charge in [0.25, 0.3) is 10.0 Å². The van der Waals surface area contributed by atoms with Gasteiger partial charge in [-0.1, -0.05) is 12.1 Å². The molecule has 2 aromatic rings. The molecule has 2 rings (SSSR count). The molecule has 0 aliphatic heterocycles. The van der Waals surface area contributed by atoms with Crippen LogP contribution in [0, 0.1) is 13.8 Å². The summed E-state index contributed by atoms with van der Waals surface area (Å²) in [6, 6.07) is 5.60. The summed E-state index contributed by atoms with van der Waals surface area (Å²) in [6.45, 7) is 4.28. The zero-order chi connectivity index (χ0) is 15.5. The van der Waals surface area contributed by atoms with Crippen molar-refractivity contribution in [1.29, 1.82) is 0 Å². The SMILES string of the molecule is Cc1ccc(C)c(NS(=O)(=O)c2cnn(CCCO)c2)c1. The van der Waals surface area contributed by atoms with E-state index in [4.69, 9.17) is 5.11 Å². The Labute approximate surface area is 124 Å². The second-order valence-corrected chi connectivity index (χ2v) is 6.62. The summed E-state index contributed by atoms with van der Waals surface area (Å²) in [5, 5.41) is 12.8. The monoisotopic (exact) mass is 309 g/mol. The van der Waals surface area contributed by atoms with Gasteiger partial charge in [-0.05, 0) is 37.5 Å². The first-order valence-electron chi connectivity index (χ1n) is 6.66. The van der Waals surface area contributed by atoms with Gasteiger partial charge in [0.05, 0.1) is 11.9 Å². The molecule has 1 heterocycles. The van der Waals surface area contributed by atoms with Gasteiger partial charge in [0.2, 0.25) is 0 Å². The number of sulfonamides is 1. The average Bonchev–Trinajstić information content (AvgIpc) is 2.90. The molecule has 0 saturated heterocycles. The molecule has 0 radical (unpaired) electrons. The highest BCUT2D eigenvalue weighted by atomic mass is 32.2. The van der Waals surface area contributed by atoms with Gasteiger partial charge >= 0.3 is 0 Å². The molecular weight excluding hydrogens is 290 g/mol. The third-order valence-electron chi connectivity index (χ3n) is 3.10. The van der Waals surface area contributed by atoms with E-state index in [2.05, 4.69) is 9.82 Å². The third kappa shape index (κ3) is 3.83. The third-order valence-corrected chi connectivity index (χ3v) is 4.42. The van der Waals surface area contributed by atoms with Gasteiger partial charge in [-0.2, -0.15) is 5.10 Å². The van der Waals surface area contributed by atoms with Crippen molar-refractivity contribution in [3.8, 4) is 0 Å². The van der Waals surface area contributed by atoms with Crippen LogP contribution in [-0.2, 0) is 16.6 Å². The van der Waals surface area contributed by atoms with Gasteiger partial charge in [-0.15, -0.1) is 0 Å². The molecule has 6 nitrogen and oxygen atoms in total. The second-order valence-electron chi connectivity index (χ2n) is 4.94. The van der Waals surface area contributed by atoms with Crippen LogP contribution in [0.2, 0.25) is 0 Å². The zero-order valence-electron chi connectivity index (χ0n) is 12.1. The molecule has 7 heteroatoms. The minimum Gasteiger partial charge on any atom is -0.396 e. The fourth-order valence-corrected chi connectivity index (χ4v) is 2.96. The van der Waals surface area contributed by atoms with Gasteiger partial charge in [0.1, 0.15) is 4.90 Å². The number of aliphatic hydroxyl groups excluding tert-OH is 1. The summed E-state index contributed by atoms with van der Waals surface area (Å²) in [6.07, 6.45) is 3.31. The van der Waals surface area contributed by atoms with E-state index in [0.29, 0.717) is 18.7 Å². The van der Waals surface area contributed by atoms with E-state index in [1.165, 1.54) is 17.1 Å². The maximum Gasteiger partial charge on any atom is 0.265 e. The number of aromatic nitrogens is 2. The Hall–Kier alpha value is -1.86. The molecular formula is C14H19N3O3S. The van der Waals surface area contributed by atoms with Crippen LogP contribution in [0.25, 0.3) is 0 Å². The first-order valence-corrected chi connectivity index (χ1v) is 8.14. The highest BCUT2D eigenvalue weighted by Gasteiger charge is 2.17. The summed E-state index contributed by atoms with van der Waals surface area (Å²) >= 11 is 0. The van der Waals surface area contributed by atoms with E-state index < -0.39 is 10.0 Å². The minimum absolute atomic E-state index is 0.0443. The van der Waals surface area contributed by atoms with Crippen molar-refractivity contribution in [1.82, 2.24) is 9.78 Å². The number of rotatable bonds is 6. The highest BCUT2D eigenvalue weighted by Crippen LogP contribution is 2.20. The van der Waals surface area contributed by atoms with Crippen LogP contribution in [-0.4, -0.2) is 29.9 Å². The van der Waals surface area contributed by atoms with Crippen LogP contribution in [0.4, 0.5) is 5.69 Å². The quantitative estimate of drug-likeness (QED) is 0.850. The van der Waals surface area contributed by atoms with Crippen molar-refractivity contribution in [2.75, 3.05) is 11.3 Å². The molecule has 0 fully saturated rings. The van der Waals surface area contributed by atoms with Gasteiger partial charge in [-0.3, -0.25) is 9.40 Å². The van der Waals surface area contributed by atoms with E-state index >= 15 is 0 Å². The van der Waals surface area contributed by atoms with Crippen LogP contribution in [0.15, 0.2) is 35.5 Å². The molecule has 21 heavy (non-hydrogen) atoms. The molecule has 114 valence electrons. The molecule has 0 amide bonds. The number of hydrogen-bond acceptors (Lipinski definition) is 4. The van der Waals surface area contributed by atoms with Gasteiger partial charge in [0, 0.05) is 19.3 Å². The molecule has 2 N–H and O–H groups in total. The smallest absolute Gasteiger partial charge is 0.265 e. The van der Waals surface area contributed by atoms with Crippen molar-refractivity contribution < 1.29 is 13.5 Å². The van der Waals surface area contributed by atoms with Gasteiger partial charge < -0.3 is 5.11 Å². The van der Waals surface area contributed by atoms with Crippen LogP contribution < -0.4 is 4.72 Å². The minimum atomic E-state index is -3.65. The van der Waals surface area contributed by atoms with E-state index in [9.17, 15) is 8.42 Å². The Morgan fingerprint density at radius 1 is 1.33 bits per heavy atom. The number of aryl methyl sites for hydroxylation is 3. The average molecular weight is 309 g/mol. The first kappa shape index (κ1) is 15.5. The van der Waals surface area contributed by atoms with Crippen molar-refractivity contribution in [2.24, 2.45) is 0 Å². The fourth-order valence-electron chi connectivity index (χ4n) is 1.89. The Balaban J connectivity index is 2.22. The summed E-state index contributed by atoms with van der Waals surface area (Å²) in [7, 11) is -3.65. The topological polar surface area (TPSA) is 84.2 Å². The van der Waals surface area contributed by atoms with Crippen molar-refractivity contribution >= 4 is 15.7 Å². The van der Waals surface area contributed by atoms with E-state index in [0.717, 1.165) is 11.1 Å². The Morgan fingerprint density at radius 2 is 2.10 bits per heavy atom. The number of anilines is 1. The van der Waals surface area contributed by atoms with Crippen molar-refractivity contribution in [3.05, 3.63) is 41.7 Å². The molecule has 0 spiro atoms. The van der Waals surface area contributed by atoms with Gasteiger partial charge in [-0.25, -0.2) is 8.42 Å². The summed E-state index contributed by atoms with van der Waals surface area (Å²) in [5.41, 5.74) is 2.41. The maximum atomic E-state index is 12.3. The predicted octanol–water partition coefficient (Wildman–Crippen LogP) is 1.68. The largest absolute Gasteiger partial charge is 0.396 e. The number of benzene rings is 1. The molecule has 0 aliphatic carbocycles. The molecule has 0 atom stereocenters. The lowest BCUT2D eigenvalue weighted by Gasteiger charge is -2.10. The fraction of sp³-hybridized carbons (Fsp3) is 0.357. The molecule has 1 aromatic heterocycles. The maximum absolute atomic E-state index is 12.3. The lowest BCUT2D eigenvalue weighted by atomic mass is 10.1. The van der Waals surface area contributed by atoms with Crippen LogP contribution >= 0.6 is 0 Å². The Bertz CT molecular complexity index is 723. The number of hydrogen-bond donors (Lipinski definition) is 2. The number of nitrogens with zero attached hydrogens (tertiary/aromatic N) is 2. The van der Waals surface area contributed by atoms with Crippen molar-refractivity contribution in [2.45, 2.75) is 31.7 Å². The van der Waals surface area contributed by atoms with E-state index in [1.54, 1.807) is 6.07 Å². The second kappa shape index (κ2) is 6.28. The molecule has 1 aromatic carbocycles. The first-order chi connectivity index (χ1) is 9.92. The lowest BCUT2D eigenvalue weighted by molar-refractivity contribution is 0.277. The Morgan fingerprint density at radius 3 is 2.81 bits per heavy atom. The van der Waals surface area contributed by atoms with Gasteiger partial charge in [0.15, 0.2) is 0 Å². The Kier molecular flexibility index (Phi) is 4.64. The van der Waals surface area contributed by atoms with E-state index in [1.807, 2.05) is 26.0 Å². The normalized spacial score (nSPS) is 11.6. The highest BCUT2D eigenvalue weighted by molar-refractivity contribution is 7.92. The van der Waals surface area contributed by atoms with Crippen LogP contribution in [0.3, 0.4) is 0 Å². The molecule has 0 unspecified atom stereocenters. The van der Waals surface area contributed by atoms with Crippen LogP contribution in [0.5, 0.6) is 0 Å². The standard InChI is InChI=1S/C14H19N3O3S/c1-11-4-5-12(2)14(8-11)16-21(19,20)13-9-15-17(10-13)6-3-7-18/h4-5,8-10,16,18H,3,6-7H2,1-2H3. The molecule has 0 saturated carbocycles. The van der Waals surface area contributed by atoms with Crippen molar-refractivity contribution in [3.63, 3.8) is 0 Å². The summed E-state index contributed by atoms with van der Waals surface area (Å²) < 4.78 is 28.8. The number of aliphatic hydroxyl groups is 1. The zero-order valence-corrected chi connectivity index (χ0v) is 12.9. The number of nitrogens with one attached hydrogen (secondary N) is 1. The summed E-state index contributed by atoms with van der Waals surface area (Å²) in [5.74, 6) is 0. The predicted molar refractivity (Wildman–Crippen MR) is 80.7 cm³/mol. The lowest BCUT2D eigenvalue weighted by Crippen LogP contribution is -2.13. The molecule has 0 bridgehead atoms. The van der Waals surface area contributed by atoms with E-state index in [-0.39, 0.29) is 11.5 Å².